The van der Waals surface area contributed by atoms with Crippen LogP contribution in [0, 0.1) is 17.8 Å². The molecule has 2 aliphatic heterocycles. The summed E-state index contributed by atoms with van der Waals surface area (Å²) in [5.74, 6) is -0.947. The predicted octanol–water partition coefficient (Wildman–Crippen LogP) is 4.33. The summed E-state index contributed by atoms with van der Waals surface area (Å²) in [6.45, 7) is 14.1. The van der Waals surface area contributed by atoms with Crippen LogP contribution in [0.25, 0.3) is 0 Å². The number of hydrogen-bond acceptors (Lipinski definition) is 9. The van der Waals surface area contributed by atoms with Gasteiger partial charge in [-0.1, -0.05) is 13.8 Å². The van der Waals surface area contributed by atoms with Crippen LogP contribution in [0.1, 0.15) is 84.8 Å². The number of nitrogens with zero attached hydrogens (tertiary/aromatic N) is 2. The second kappa shape index (κ2) is 17.7. The lowest BCUT2D eigenvalue weighted by molar-refractivity contribution is -0.150. The van der Waals surface area contributed by atoms with Crippen molar-refractivity contribution >= 4 is 17.9 Å². The number of carbonyl (C=O) groups excluding carboxylic acids is 3. The van der Waals surface area contributed by atoms with Crippen LogP contribution in [0.2, 0.25) is 0 Å². The molecule has 3 amide bonds. The molecule has 1 aliphatic carbocycles. The van der Waals surface area contributed by atoms with Crippen LogP contribution in [0.3, 0.4) is 0 Å². The van der Waals surface area contributed by atoms with Crippen molar-refractivity contribution in [3.8, 4) is 11.5 Å². The maximum Gasteiger partial charge on any atom is 0.410 e. The minimum absolute atomic E-state index is 0.00600. The number of aliphatic hydroxyl groups is 1. The summed E-state index contributed by atoms with van der Waals surface area (Å²) in [5.41, 5.74) is 1.11. The highest BCUT2D eigenvalue weighted by molar-refractivity contribution is 5.86. The Labute approximate surface area is 292 Å². The van der Waals surface area contributed by atoms with Crippen molar-refractivity contribution in [2.45, 2.75) is 110 Å². The fourth-order valence-electron chi connectivity index (χ4n) is 6.56. The van der Waals surface area contributed by atoms with Gasteiger partial charge in [-0.05, 0) is 83.4 Å². The number of amides is 3. The molecule has 3 aliphatic rings. The van der Waals surface area contributed by atoms with Crippen molar-refractivity contribution < 1.29 is 43.2 Å². The molecule has 49 heavy (non-hydrogen) atoms. The van der Waals surface area contributed by atoms with E-state index in [1.54, 1.807) is 32.8 Å². The van der Waals surface area contributed by atoms with Crippen LogP contribution >= 0.6 is 0 Å². The fraction of sp³-hybridized carbons (Fsp3) is 0.757. The van der Waals surface area contributed by atoms with E-state index in [2.05, 4.69) is 19.2 Å². The largest absolute Gasteiger partial charge is 0.493 e. The molecule has 1 aromatic carbocycles. The molecule has 276 valence electrons. The van der Waals surface area contributed by atoms with Gasteiger partial charge in [-0.15, -0.1) is 0 Å². The molecule has 0 unspecified atom stereocenters. The zero-order valence-corrected chi connectivity index (χ0v) is 30.6. The second-order valence-corrected chi connectivity index (χ2v) is 15.0. The molecule has 4 atom stereocenters. The standard InChI is InChI=1S/C37H59N3O9/c1-8-46-23-26(17-24(2)3)38-34(42)29-21-39(36(44)49-37(4,5)6)22-30(33(29)41)35(43)40(27-12-13-27)20-25-18-31-28(11-9-15-47-31)32(19-25)48-16-10-14-45-7/h18-19,24,26-27,29-30,33,41H,8-17,20-23H2,1-7H3,(H,38,42)/t26-,29-,30+,33-/m1/s1. The number of ether oxygens (including phenoxy) is 5. The SMILES string of the molecule is CCOC[C@@H](CC(C)C)NC(=O)[C@@H]1CN(C(=O)OC(C)(C)C)C[C@H](C(=O)N(Cc2cc(OCCCOC)c3c(c2)OCCC3)C2CC2)[C@@H]1O. The van der Waals surface area contributed by atoms with Crippen LogP contribution in [-0.2, 0) is 36.8 Å². The van der Waals surface area contributed by atoms with Gasteiger partial charge in [-0.25, -0.2) is 4.79 Å². The molecular weight excluding hydrogens is 630 g/mol. The van der Waals surface area contributed by atoms with E-state index < -0.39 is 35.5 Å². The average molecular weight is 690 g/mol. The molecule has 0 bridgehead atoms. The third kappa shape index (κ3) is 11.2. The van der Waals surface area contributed by atoms with Crippen LogP contribution in [0.5, 0.6) is 11.5 Å². The first kappa shape index (κ1) is 38.7. The molecular formula is C37H59N3O9. The van der Waals surface area contributed by atoms with E-state index in [9.17, 15) is 19.5 Å². The van der Waals surface area contributed by atoms with E-state index in [1.807, 2.05) is 19.1 Å². The molecule has 0 aromatic heterocycles. The third-order valence-electron chi connectivity index (χ3n) is 9.02. The summed E-state index contributed by atoms with van der Waals surface area (Å²) in [6, 6.07) is 3.68. The number of hydrogen-bond donors (Lipinski definition) is 2. The lowest BCUT2D eigenvalue weighted by Gasteiger charge is -2.42. The number of likely N-dealkylation sites (tertiary alicyclic amines) is 1. The van der Waals surface area contributed by atoms with Gasteiger partial charge in [0.15, 0.2) is 0 Å². The molecule has 4 rings (SSSR count). The molecule has 1 aromatic rings. The predicted molar refractivity (Wildman–Crippen MR) is 184 cm³/mol. The van der Waals surface area contributed by atoms with Crippen molar-refractivity contribution in [3.63, 3.8) is 0 Å². The van der Waals surface area contributed by atoms with Gasteiger partial charge in [0.1, 0.15) is 17.1 Å². The van der Waals surface area contributed by atoms with Gasteiger partial charge in [0.25, 0.3) is 0 Å². The summed E-state index contributed by atoms with van der Waals surface area (Å²) in [4.78, 5) is 44.9. The van der Waals surface area contributed by atoms with Gasteiger partial charge < -0.3 is 43.9 Å². The molecule has 1 saturated heterocycles. The maximum absolute atomic E-state index is 14.5. The number of rotatable bonds is 16. The van der Waals surface area contributed by atoms with Crippen molar-refractivity contribution in [1.29, 1.82) is 0 Å². The van der Waals surface area contributed by atoms with E-state index in [1.165, 1.54) is 4.90 Å². The van der Waals surface area contributed by atoms with E-state index in [-0.39, 0.29) is 37.6 Å². The highest BCUT2D eigenvalue weighted by Crippen LogP contribution is 2.38. The quantitative estimate of drug-likeness (QED) is 0.243. The Morgan fingerprint density at radius 2 is 1.86 bits per heavy atom. The van der Waals surface area contributed by atoms with Crippen molar-refractivity contribution in [1.82, 2.24) is 15.1 Å². The molecule has 2 N–H and O–H groups in total. The smallest absolute Gasteiger partial charge is 0.410 e. The lowest BCUT2D eigenvalue weighted by atomic mass is 9.84. The van der Waals surface area contributed by atoms with Gasteiger partial charge in [0.2, 0.25) is 11.8 Å². The molecule has 2 fully saturated rings. The first-order valence-corrected chi connectivity index (χ1v) is 18.1. The number of aliphatic hydroxyl groups excluding tert-OH is 1. The van der Waals surface area contributed by atoms with E-state index >= 15 is 0 Å². The van der Waals surface area contributed by atoms with Gasteiger partial charge in [0.05, 0.1) is 43.8 Å². The number of piperidine rings is 1. The van der Waals surface area contributed by atoms with E-state index in [0.29, 0.717) is 45.4 Å². The Bertz CT molecular complexity index is 1260. The number of carbonyl (C=O) groups is 3. The lowest BCUT2D eigenvalue weighted by Crippen LogP contribution is -2.61. The molecule has 0 spiro atoms. The van der Waals surface area contributed by atoms with Crippen LogP contribution in [-0.4, -0.2) is 110 Å². The van der Waals surface area contributed by atoms with Gasteiger partial charge in [-0.2, -0.15) is 0 Å². The number of benzene rings is 1. The number of nitrogens with one attached hydrogen (secondary N) is 1. The van der Waals surface area contributed by atoms with Crippen LogP contribution < -0.4 is 14.8 Å². The van der Waals surface area contributed by atoms with Crippen molar-refractivity contribution in [2.75, 3.05) is 53.2 Å². The fourth-order valence-corrected chi connectivity index (χ4v) is 6.56. The molecule has 12 nitrogen and oxygen atoms in total. The first-order chi connectivity index (χ1) is 23.3. The van der Waals surface area contributed by atoms with Gasteiger partial charge in [0, 0.05) is 58.0 Å². The van der Waals surface area contributed by atoms with E-state index in [0.717, 1.165) is 54.7 Å². The number of fused-ring (bicyclic) bond motifs is 1. The Morgan fingerprint density at radius 1 is 1.12 bits per heavy atom. The van der Waals surface area contributed by atoms with E-state index in [4.69, 9.17) is 23.7 Å². The Morgan fingerprint density at radius 3 is 2.51 bits per heavy atom. The third-order valence-corrected chi connectivity index (χ3v) is 9.02. The highest BCUT2D eigenvalue weighted by Gasteiger charge is 2.48. The Balaban J connectivity index is 1.59. The van der Waals surface area contributed by atoms with Crippen molar-refractivity contribution in [3.05, 3.63) is 23.3 Å². The zero-order valence-electron chi connectivity index (χ0n) is 30.6. The summed E-state index contributed by atoms with van der Waals surface area (Å²) in [7, 11) is 1.66. The summed E-state index contributed by atoms with van der Waals surface area (Å²) in [5, 5.41) is 14.8. The Hall–Kier alpha value is -3.09. The topological polar surface area (TPSA) is 136 Å². The molecule has 2 heterocycles. The second-order valence-electron chi connectivity index (χ2n) is 15.0. The zero-order chi connectivity index (χ0) is 35.7. The highest BCUT2D eigenvalue weighted by atomic mass is 16.6. The molecule has 0 radical (unpaired) electrons. The summed E-state index contributed by atoms with van der Waals surface area (Å²) >= 11 is 0. The minimum atomic E-state index is -1.30. The number of methoxy groups -OCH3 is 1. The van der Waals surface area contributed by atoms with Gasteiger partial charge >= 0.3 is 6.09 Å². The van der Waals surface area contributed by atoms with Crippen LogP contribution in [0.15, 0.2) is 12.1 Å². The normalized spacial score (nSPS) is 21.4. The summed E-state index contributed by atoms with van der Waals surface area (Å²) < 4.78 is 28.7. The molecule has 1 saturated carbocycles. The monoisotopic (exact) mass is 689 g/mol. The van der Waals surface area contributed by atoms with Gasteiger partial charge in [-0.3, -0.25) is 9.59 Å². The Kier molecular flexibility index (Phi) is 14.0. The maximum atomic E-state index is 14.5. The molecule has 12 heteroatoms. The minimum Gasteiger partial charge on any atom is -0.493 e. The summed E-state index contributed by atoms with van der Waals surface area (Å²) in [6.07, 6.45) is 2.93. The van der Waals surface area contributed by atoms with Crippen LogP contribution in [0.4, 0.5) is 4.79 Å². The van der Waals surface area contributed by atoms with Crippen molar-refractivity contribution in [2.24, 2.45) is 17.8 Å². The first-order valence-electron chi connectivity index (χ1n) is 18.1. The average Bonchev–Trinajstić information content (AvgIpc) is 3.88.